The van der Waals surface area contributed by atoms with E-state index < -0.39 is 29.2 Å². The van der Waals surface area contributed by atoms with Crippen LogP contribution in [0.3, 0.4) is 0 Å². The fraction of sp³-hybridized carbons (Fsp3) is 0.400. The van der Waals surface area contributed by atoms with Crippen molar-refractivity contribution in [2.45, 2.75) is 33.2 Å². The zero-order valence-electron chi connectivity index (χ0n) is 12.1. The van der Waals surface area contributed by atoms with Gasteiger partial charge in [-0.1, -0.05) is 26.8 Å². The Bertz CT molecular complexity index is 563. The summed E-state index contributed by atoms with van der Waals surface area (Å²) < 4.78 is 13.0. The molecule has 0 aliphatic heterocycles. The summed E-state index contributed by atoms with van der Waals surface area (Å²) in [6, 6.07) is 3.55. The smallest absolute Gasteiger partial charge is 0.326 e. The Morgan fingerprint density at radius 3 is 2.38 bits per heavy atom. The van der Waals surface area contributed by atoms with Crippen molar-refractivity contribution in [3.8, 4) is 0 Å². The van der Waals surface area contributed by atoms with Gasteiger partial charge in [-0.05, 0) is 18.2 Å². The van der Waals surface area contributed by atoms with Crippen LogP contribution < -0.4 is 5.32 Å². The molecule has 1 amide bonds. The van der Waals surface area contributed by atoms with E-state index >= 15 is 0 Å². The zero-order valence-corrected chi connectivity index (χ0v) is 12.1. The van der Waals surface area contributed by atoms with Crippen molar-refractivity contribution in [1.82, 2.24) is 5.32 Å². The van der Waals surface area contributed by atoms with Crippen LogP contribution in [-0.2, 0) is 9.59 Å². The molecule has 1 aromatic rings. The van der Waals surface area contributed by atoms with Gasteiger partial charge in [-0.2, -0.15) is 0 Å². The summed E-state index contributed by atoms with van der Waals surface area (Å²) in [6.07, 6.45) is -0.320. The van der Waals surface area contributed by atoms with Crippen LogP contribution in [0.5, 0.6) is 0 Å². The van der Waals surface area contributed by atoms with Gasteiger partial charge in [0.05, 0.1) is 0 Å². The molecule has 1 unspecified atom stereocenters. The maximum atomic E-state index is 13.0. The normalized spacial score (nSPS) is 12.6. The predicted molar refractivity (Wildman–Crippen MR) is 74.4 cm³/mol. The van der Waals surface area contributed by atoms with Crippen molar-refractivity contribution in [3.05, 3.63) is 35.6 Å². The number of Topliss-reactive ketones (excluding diaryl/α,β-unsaturated/α-hetero) is 1. The number of carboxylic acids is 1. The second-order valence-corrected chi connectivity index (χ2v) is 5.75. The minimum atomic E-state index is -1.34. The van der Waals surface area contributed by atoms with Crippen molar-refractivity contribution in [1.29, 1.82) is 0 Å². The highest BCUT2D eigenvalue weighted by atomic mass is 19.1. The number of amides is 1. The summed E-state index contributed by atoms with van der Waals surface area (Å²) in [5.74, 6) is -2.92. The molecule has 114 valence electrons. The molecule has 0 aliphatic rings. The molecule has 2 N–H and O–H groups in total. The third-order valence-electron chi connectivity index (χ3n) is 2.92. The van der Waals surface area contributed by atoms with Gasteiger partial charge in [0.25, 0.3) is 5.91 Å². The second-order valence-electron chi connectivity index (χ2n) is 5.75. The van der Waals surface area contributed by atoms with Crippen molar-refractivity contribution in [3.63, 3.8) is 0 Å². The number of rotatable bonds is 5. The Hall–Kier alpha value is -2.24. The van der Waals surface area contributed by atoms with Crippen LogP contribution in [-0.4, -0.2) is 28.8 Å². The van der Waals surface area contributed by atoms with E-state index in [-0.39, 0.29) is 17.8 Å². The number of carboxylic acid groups (broad SMARTS) is 1. The Balaban J connectivity index is 2.82. The lowest BCUT2D eigenvalue weighted by atomic mass is 9.87. The molecular formula is C15H18FNO4. The van der Waals surface area contributed by atoms with E-state index in [4.69, 9.17) is 5.11 Å². The number of hydrogen-bond acceptors (Lipinski definition) is 3. The van der Waals surface area contributed by atoms with Crippen LogP contribution in [0.1, 0.15) is 37.6 Å². The van der Waals surface area contributed by atoms with Crippen LogP contribution in [0, 0.1) is 11.2 Å². The first kappa shape index (κ1) is 16.8. The topological polar surface area (TPSA) is 83.5 Å². The van der Waals surface area contributed by atoms with E-state index in [9.17, 15) is 18.8 Å². The highest BCUT2D eigenvalue weighted by molar-refractivity contribution is 5.98. The van der Waals surface area contributed by atoms with Gasteiger partial charge in [0.2, 0.25) is 0 Å². The van der Waals surface area contributed by atoms with Crippen molar-refractivity contribution in [2.24, 2.45) is 5.41 Å². The van der Waals surface area contributed by atoms with Gasteiger partial charge in [0.1, 0.15) is 17.6 Å². The minimum absolute atomic E-state index is 0.00413. The monoisotopic (exact) mass is 295 g/mol. The van der Waals surface area contributed by atoms with Gasteiger partial charge in [0.15, 0.2) is 0 Å². The average molecular weight is 295 g/mol. The highest BCUT2D eigenvalue weighted by Gasteiger charge is 2.29. The number of nitrogens with one attached hydrogen (secondary N) is 1. The molecule has 1 aromatic carbocycles. The number of carbonyl (C=O) groups excluding carboxylic acids is 2. The van der Waals surface area contributed by atoms with Crippen molar-refractivity contribution in [2.75, 3.05) is 0 Å². The van der Waals surface area contributed by atoms with E-state index in [0.717, 1.165) is 6.07 Å². The number of aliphatic carboxylic acids is 1. The Morgan fingerprint density at radius 1 is 1.29 bits per heavy atom. The highest BCUT2D eigenvalue weighted by Crippen LogP contribution is 2.18. The van der Waals surface area contributed by atoms with Crippen LogP contribution in [0.2, 0.25) is 0 Å². The van der Waals surface area contributed by atoms with E-state index in [1.54, 1.807) is 20.8 Å². The first-order chi connectivity index (χ1) is 9.61. The van der Waals surface area contributed by atoms with E-state index in [1.165, 1.54) is 18.2 Å². The number of ketones is 1. The molecule has 0 heterocycles. The molecule has 1 atom stereocenters. The largest absolute Gasteiger partial charge is 0.480 e. The lowest BCUT2D eigenvalue weighted by Crippen LogP contribution is -2.43. The third kappa shape index (κ3) is 4.98. The van der Waals surface area contributed by atoms with Crippen LogP contribution in [0.25, 0.3) is 0 Å². The standard InChI is InChI=1S/C15H18FNO4/c1-15(2,3)12(18)8-11(14(20)21)17-13(19)9-5-4-6-10(16)7-9/h4-7,11H,8H2,1-3H3,(H,17,19)(H,20,21). The van der Waals surface area contributed by atoms with Gasteiger partial charge in [0, 0.05) is 17.4 Å². The zero-order chi connectivity index (χ0) is 16.2. The number of benzene rings is 1. The first-order valence-electron chi connectivity index (χ1n) is 6.44. The van der Waals surface area contributed by atoms with E-state index in [2.05, 4.69) is 5.32 Å². The molecule has 0 saturated carbocycles. The first-order valence-corrected chi connectivity index (χ1v) is 6.44. The maximum absolute atomic E-state index is 13.0. The average Bonchev–Trinajstić information content (AvgIpc) is 2.36. The van der Waals surface area contributed by atoms with Crippen molar-refractivity contribution >= 4 is 17.7 Å². The molecule has 6 heteroatoms. The molecule has 0 saturated heterocycles. The summed E-state index contributed by atoms with van der Waals surface area (Å²) in [5.41, 5.74) is -0.693. The Labute approximate surface area is 122 Å². The summed E-state index contributed by atoms with van der Waals surface area (Å²) in [7, 11) is 0. The summed E-state index contributed by atoms with van der Waals surface area (Å²) in [4.78, 5) is 34.9. The van der Waals surface area contributed by atoms with Gasteiger partial charge >= 0.3 is 5.97 Å². The molecule has 0 fully saturated rings. The number of halogens is 1. The van der Waals surface area contributed by atoms with Crippen LogP contribution in [0.4, 0.5) is 4.39 Å². The van der Waals surface area contributed by atoms with Gasteiger partial charge in [-0.25, -0.2) is 9.18 Å². The lowest BCUT2D eigenvalue weighted by molar-refractivity contribution is -0.142. The van der Waals surface area contributed by atoms with Gasteiger partial charge in [-0.3, -0.25) is 9.59 Å². The molecule has 0 bridgehead atoms. The summed E-state index contributed by atoms with van der Waals surface area (Å²) in [6.45, 7) is 5.01. The summed E-state index contributed by atoms with van der Waals surface area (Å²) >= 11 is 0. The van der Waals surface area contributed by atoms with Gasteiger partial charge in [-0.15, -0.1) is 0 Å². The fourth-order valence-corrected chi connectivity index (χ4v) is 1.56. The van der Waals surface area contributed by atoms with Gasteiger partial charge < -0.3 is 10.4 Å². The SMILES string of the molecule is CC(C)(C)C(=O)CC(NC(=O)c1cccc(F)c1)C(=O)O. The van der Waals surface area contributed by atoms with Crippen LogP contribution >= 0.6 is 0 Å². The second kappa shape index (κ2) is 6.47. The molecule has 0 aromatic heterocycles. The molecule has 1 rings (SSSR count). The molecule has 0 aliphatic carbocycles. The quantitative estimate of drug-likeness (QED) is 0.870. The molecule has 21 heavy (non-hydrogen) atoms. The van der Waals surface area contributed by atoms with Crippen molar-refractivity contribution < 1.29 is 23.9 Å². The number of carbonyl (C=O) groups is 3. The molecular weight excluding hydrogens is 277 g/mol. The molecule has 0 spiro atoms. The predicted octanol–water partition coefficient (Wildman–Crippen LogP) is 2.01. The molecule has 0 radical (unpaired) electrons. The Kier molecular flexibility index (Phi) is 5.18. The molecule has 5 nitrogen and oxygen atoms in total. The Morgan fingerprint density at radius 2 is 1.90 bits per heavy atom. The maximum Gasteiger partial charge on any atom is 0.326 e. The lowest BCUT2D eigenvalue weighted by Gasteiger charge is -2.20. The van der Waals surface area contributed by atoms with Crippen LogP contribution in [0.15, 0.2) is 24.3 Å². The summed E-state index contributed by atoms with van der Waals surface area (Å²) in [5, 5.41) is 11.3. The van der Waals surface area contributed by atoms with E-state index in [0.29, 0.717) is 0 Å². The fourth-order valence-electron chi connectivity index (χ4n) is 1.56. The third-order valence-corrected chi connectivity index (χ3v) is 2.92. The number of hydrogen-bond donors (Lipinski definition) is 2. The minimum Gasteiger partial charge on any atom is -0.480 e. The van der Waals surface area contributed by atoms with E-state index in [1.807, 2.05) is 0 Å².